The molecule has 0 saturated carbocycles. The van der Waals surface area contributed by atoms with Crippen molar-refractivity contribution in [2.24, 2.45) is 7.05 Å². The van der Waals surface area contributed by atoms with E-state index >= 15 is 0 Å². The molecule has 110 valence electrons. The van der Waals surface area contributed by atoms with Gasteiger partial charge in [-0.1, -0.05) is 25.6 Å². The van der Waals surface area contributed by atoms with Gasteiger partial charge in [0.15, 0.2) is 5.16 Å². The third kappa shape index (κ3) is 2.52. The number of anilines is 1. The molecule has 2 amide bonds. The van der Waals surface area contributed by atoms with Gasteiger partial charge in [0.05, 0.1) is 0 Å². The van der Waals surface area contributed by atoms with Crippen LogP contribution in [0.1, 0.15) is 33.1 Å². The van der Waals surface area contributed by atoms with Gasteiger partial charge in [-0.05, 0) is 12.8 Å². The summed E-state index contributed by atoms with van der Waals surface area (Å²) in [6.45, 7) is 3.97. The van der Waals surface area contributed by atoms with Crippen molar-refractivity contribution in [3.05, 3.63) is 0 Å². The van der Waals surface area contributed by atoms with Crippen molar-refractivity contribution in [2.45, 2.75) is 49.6 Å². The minimum absolute atomic E-state index is 0.00911. The summed E-state index contributed by atoms with van der Waals surface area (Å²) >= 11 is 1.25. The highest BCUT2D eigenvalue weighted by Crippen LogP contribution is 2.32. The number of nitrogen functional groups attached to an aromatic ring is 1. The van der Waals surface area contributed by atoms with Crippen LogP contribution in [0, 0.1) is 0 Å². The quantitative estimate of drug-likeness (QED) is 0.808. The Kier molecular flexibility index (Phi) is 4.32. The molecule has 1 aliphatic heterocycles. The molecule has 0 radical (unpaired) electrons. The molecule has 1 atom stereocenters. The number of carbonyl (C=O) groups is 2. The number of nitrogens with two attached hydrogens (primary N) is 1. The molecule has 1 unspecified atom stereocenters. The Labute approximate surface area is 121 Å². The third-order valence-electron chi connectivity index (χ3n) is 3.57. The van der Waals surface area contributed by atoms with Crippen LogP contribution in [0.5, 0.6) is 0 Å². The summed E-state index contributed by atoms with van der Waals surface area (Å²) in [5.41, 5.74) is 5.61. The molecule has 0 bridgehead atoms. The van der Waals surface area contributed by atoms with E-state index in [1.54, 1.807) is 11.6 Å². The molecule has 0 spiro atoms. The van der Waals surface area contributed by atoms with Crippen LogP contribution >= 0.6 is 11.8 Å². The molecule has 7 nitrogen and oxygen atoms in total. The fraction of sp³-hybridized carbons (Fsp3) is 0.667. The van der Waals surface area contributed by atoms with Gasteiger partial charge in [-0.2, -0.15) is 0 Å². The van der Waals surface area contributed by atoms with Crippen molar-refractivity contribution >= 4 is 29.5 Å². The summed E-state index contributed by atoms with van der Waals surface area (Å²) in [4.78, 5) is 25.9. The molecular weight excluding hydrogens is 278 g/mol. The van der Waals surface area contributed by atoms with Crippen molar-refractivity contribution in [1.82, 2.24) is 19.7 Å². The lowest BCUT2D eigenvalue weighted by Crippen LogP contribution is -2.40. The van der Waals surface area contributed by atoms with Crippen LogP contribution < -0.4 is 5.73 Å². The number of thioether (sulfide) groups is 1. The summed E-state index contributed by atoms with van der Waals surface area (Å²) in [7, 11) is 1.73. The number of aromatic nitrogens is 3. The van der Waals surface area contributed by atoms with Gasteiger partial charge in [0.2, 0.25) is 17.8 Å². The van der Waals surface area contributed by atoms with Crippen LogP contribution in [0.15, 0.2) is 5.16 Å². The van der Waals surface area contributed by atoms with E-state index in [1.165, 1.54) is 16.7 Å². The molecule has 0 aliphatic carbocycles. The zero-order valence-corrected chi connectivity index (χ0v) is 12.7. The van der Waals surface area contributed by atoms with E-state index in [1.807, 2.05) is 13.8 Å². The summed E-state index contributed by atoms with van der Waals surface area (Å²) in [5.74, 6) is 0.0627. The second-order valence-corrected chi connectivity index (χ2v) is 5.95. The van der Waals surface area contributed by atoms with Gasteiger partial charge >= 0.3 is 0 Å². The predicted molar refractivity (Wildman–Crippen MR) is 75.9 cm³/mol. The van der Waals surface area contributed by atoms with Gasteiger partial charge in [-0.15, -0.1) is 10.2 Å². The Morgan fingerprint density at radius 1 is 1.35 bits per heavy atom. The van der Waals surface area contributed by atoms with Gasteiger partial charge in [-0.3, -0.25) is 19.1 Å². The summed E-state index contributed by atoms with van der Waals surface area (Å²) in [6, 6.07) is -0.00911. The maximum absolute atomic E-state index is 12.4. The number of carbonyl (C=O) groups excluding carboxylic acids is 2. The maximum Gasteiger partial charge on any atom is 0.243 e. The number of likely N-dealkylation sites (tertiary alicyclic amines) is 1. The highest BCUT2D eigenvalue weighted by atomic mass is 32.2. The normalized spacial score (nSPS) is 19.4. The first kappa shape index (κ1) is 14.8. The molecule has 1 saturated heterocycles. The van der Waals surface area contributed by atoms with Crippen molar-refractivity contribution in [3.8, 4) is 0 Å². The van der Waals surface area contributed by atoms with Crippen LogP contribution in [-0.4, -0.2) is 42.8 Å². The van der Waals surface area contributed by atoms with Gasteiger partial charge in [0, 0.05) is 19.5 Å². The lowest BCUT2D eigenvalue weighted by Gasteiger charge is -2.24. The van der Waals surface area contributed by atoms with Crippen molar-refractivity contribution in [1.29, 1.82) is 0 Å². The number of rotatable bonds is 5. The molecule has 20 heavy (non-hydrogen) atoms. The molecule has 1 aliphatic rings. The van der Waals surface area contributed by atoms with Gasteiger partial charge in [-0.25, -0.2) is 0 Å². The first-order valence-corrected chi connectivity index (χ1v) is 7.54. The van der Waals surface area contributed by atoms with E-state index < -0.39 is 5.25 Å². The lowest BCUT2D eigenvalue weighted by molar-refractivity contribution is -0.141. The van der Waals surface area contributed by atoms with Crippen molar-refractivity contribution in [2.75, 3.05) is 5.73 Å². The monoisotopic (exact) mass is 297 g/mol. The van der Waals surface area contributed by atoms with E-state index in [2.05, 4.69) is 10.2 Å². The standard InChI is InChI=1S/C12H19N5O2S/c1-4-7(5-2)17-9(18)6-8(10(17)19)20-12-15-14-11(13)16(12)3/h7-8H,4-6H2,1-3H3,(H2,13,14). The first-order valence-electron chi connectivity index (χ1n) is 6.66. The second-order valence-electron chi connectivity index (χ2n) is 4.78. The van der Waals surface area contributed by atoms with E-state index in [0.29, 0.717) is 11.1 Å². The van der Waals surface area contributed by atoms with Gasteiger partial charge in [0.1, 0.15) is 5.25 Å². The Bertz CT molecular complexity index is 526. The SMILES string of the molecule is CCC(CC)N1C(=O)CC(Sc2nnc(N)n2C)C1=O. The average molecular weight is 297 g/mol. The van der Waals surface area contributed by atoms with Crippen LogP contribution in [0.4, 0.5) is 5.95 Å². The third-order valence-corrected chi connectivity index (χ3v) is 4.78. The Hall–Kier alpha value is -1.57. The first-order chi connectivity index (χ1) is 9.49. The molecule has 2 N–H and O–H groups in total. The van der Waals surface area contributed by atoms with E-state index in [0.717, 1.165) is 12.8 Å². The number of nitrogens with zero attached hydrogens (tertiary/aromatic N) is 4. The molecule has 2 rings (SSSR count). The molecule has 8 heteroatoms. The summed E-state index contributed by atoms with van der Waals surface area (Å²) in [5, 5.41) is 7.80. The Morgan fingerprint density at radius 3 is 2.50 bits per heavy atom. The molecule has 1 aromatic rings. The maximum atomic E-state index is 12.4. The smallest absolute Gasteiger partial charge is 0.243 e. The molecular formula is C12H19N5O2S. The van der Waals surface area contributed by atoms with Crippen LogP contribution in [0.3, 0.4) is 0 Å². The summed E-state index contributed by atoms with van der Waals surface area (Å²) < 4.78 is 1.61. The molecule has 1 aromatic heterocycles. The van der Waals surface area contributed by atoms with E-state index in [-0.39, 0.29) is 24.3 Å². The minimum atomic E-state index is -0.426. The van der Waals surface area contributed by atoms with Crippen LogP contribution in [-0.2, 0) is 16.6 Å². The highest BCUT2D eigenvalue weighted by molar-refractivity contribution is 8.00. The lowest BCUT2D eigenvalue weighted by atomic mass is 10.1. The summed E-state index contributed by atoms with van der Waals surface area (Å²) in [6.07, 6.45) is 1.78. The number of hydrogen-bond donors (Lipinski definition) is 1. The molecule has 2 heterocycles. The van der Waals surface area contributed by atoms with Crippen LogP contribution in [0.25, 0.3) is 0 Å². The highest BCUT2D eigenvalue weighted by Gasteiger charge is 2.42. The van der Waals surface area contributed by atoms with E-state index in [4.69, 9.17) is 5.73 Å². The molecule has 0 aromatic carbocycles. The second kappa shape index (κ2) is 5.82. The van der Waals surface area contributed by atoms with Crippen molar-refractivity contribution in [3.63, 3.8) is 0 Å². The number of imide groups is 1. The number of amides is 2. The Morgan fingerprint density at radius 2 is 2.00 bits per heavy atom. The van der Waals surface area contributed by atoms with Gasteiger partial charge < -0.3 is 5.73 Å². The van der Waals surface area contributed by atoms with Crippen LogP contribution in [0.2, 0.25) is 0 Å². The topological polar surface area (TPSA) is 94.1 Å². The molecule has 1 fully saturated rings. The minimum Gasteiger partial charge on any atom is -0.368 e. The largest absolute Gasteiger partial charge is 0.368 e. The zero-order chi connectivity index (χ0) is 14.9. The zero-order valence-electron chi connectivity index (χ0n) is 11.9. The Balaban J connectivity index is 2.14. The average Bonchev–Trinajstić information content (AvgIpc) is 2.88. The fourth-order valence-electron chi connectivity index (χ4n) is 2.31. The predicted octanol–water partition coefficient (Wildman–Crippen LogP) is 0.805. The van der Waals surface area contributed by atoms with Gasteiger partial charge in [0.25, 0.3) is 0 Å². The number of hydrogen-bond acceptors (Lipinski definition) is 6. The van der Waals surface area contributed by atoms with Crippen molar-refractivity contribution < 1.29 is 9.59 Å². The fourth-order valence-corrected chi connectivity index (χ4v) is 3.34. The van der Waals surface area contributed by atoms with E-state index in [9.17, 15) is 9.59 Å².